The van der Waals surface area contributed by atoms with E-state index in [9.17, 15) is 4.79 Å². The van der Waals surface area contributed by atoms with E-state index in [-0.39, 0.29) is 11.9 Å². The van der Waals surface area contributed by atoms with Crippen LogP contribution in [0.4, 0.5) is 0 Å². The van der Waals surface area contributed by atoms with Crippen LogP contribution >= 0.6 is 0 Å². The second-order valence-electron chi connectivity index (χ2n) is 4.35. The number of ether oxygens (including phenoxy) is 1. The molecule has 0 saturated heterocycles. The molecule has 0 fully saturated rings. The topological polar surface area (TPSA) is 26.3 Å². The third kappa shape index (κ3) is 3.69. The molecule has 1 rings (SSSR count). The van der Waals surface area contributed by atoms with Gasteiger partial charge in [-0.15, -0.1) is 0 Å². The van der Waals surface area contributed by atoms with Crippen LogP contribution in [0.3, 0.4) is 0 Å². The molecule has 0 aliphatic carbocycles. The van der Waals surface area contributed by atoms with Gasteiger partial charge in [0.05, 0.1) is 5.92 Å². The summed E-state index contributed by atoms with van der Waals surface area (Å²) in [6, 6.07) is 9.77. The van der Waals surface area contributed by atoms with E-state index in [1.54, 1.807) is 0 Å². The smallest absolute Gasteiger partial charge is 0.309 e. The van der Waals surface area contributed by atoms with Crippen molar-refractivity contribution in [3.05, 3.63) is 35.9 Å². The van der Waals surface area contributed by atoms with Crippen molar-refractivity contribution in [2.24, 2.45) is 11.8 Å². The van der Waals surface area contributed by atoms with E-state index in [0.717, 1.165) is 12.0 Å². The van der Waals surface area contributed by atoms with Gasteiger partial charge in [0.2, 0.25) is 0 Å². The summed E-state index contributed by atoms with van der Waals surface area (Å²) in [5.74, 6) is 0.276. The largest absolute Gasteiger partial charge is 0.461 e. The fourth-order valence-electron chi connectivity index (χ4n) is 1.75. The molecule has 0 aromatic heterocycles. The molecule has 16 heavy (non-hydrogen) atoms. The van der Waals surface area contributed by atoms with Gasteiger partial charge in [0, 0.05) is 0 Å². The highest BCUT2D eigenvalue weighted by atomic mass is 16.5. The van der Waals surface area contributed by atoms with E-state index in [0.29, 0.717) is 12.5 Å². The molecule has 1 aromatic carbocycles. The predicted molar refractivity (Wildman–Crippen MR) is 64.9 cm³/mol. The highest BCUT2D eigenvalue weighted by Crippen LogP contribution is 2.17. The molecule has 0 spiro atoms. The van der Waals surface area contributed by atoms with Gasteiger partial charge in [-0.05, 0) is 17.9 Å². The number of benzene rings is 1. The Morgan fingerprint density at radius 1 is 1.25 bits per heavy atom. The molecule has 1 atom stereocenters. The zero-order valence-corrected chi connectivity index (χ0v) is 10.3. The zero-order valence-electron chi connectivity index (χ0n) is 10.3. The van der Waals surface area contributed by atoms with E-state index in [4.69, 9.17) is 4.74 Å². The lowest BCUT2D eigenvalue weighted by molar-refractivity contribution is -0.151. The van der Waals surface area contributed by atoms with Crippen molar-refractivity contribution in [2.45, 2.75) is 33.8 Å². The first-order chi connectivity index (χ1) is 7.65. The number of carbonyl (C=O) groups is 1. The van der Waals surface area contributed by atoms with Crippen molar-refractivity contribution in [3.8, 4) is 0 Å². The van der Waals surface area contributed by atoms with Crippen LogP contribution in [0.15, 0.2) is 30.3 Å². The molecule has 88 valence electrons. The van der Waals surface area contributed by atoms with Crippen LogP contribution in [0.5, 0.6) is 0 Å². The maximum Gasteiger partial charge on any atom is 0.309 e. The molecule has 0 radical (unpaired) electrons. The Kier molecular flexibility index (Phi) is 5.03. The van der Waals surface area contributed by atoms with Crippen molar-refractivity contribution in [1.82, 2.24) is 0 Å². The molecule has 2 nitrogen and oxygen atoms in total. The number of hydrogen-bond donors (Lipinski definition) is 0. The van der Waals surface area contributed by atoms with Gasteiger partial charge < -0.3 is 4.74 Å². The van der Waals surface area contributed by atoms with Crippen molar-refractivity contribution in [2.75, 3.05) is 0 Å². The minimum atomic E-state index is -0.0821. The Morgan fingerprint density at radius 3 is 2.38 bits per heavy atom. The first kappa shape index (κ1) is 12.8. The van der Waals surface area contributed by atoms with Crippen molar-refractivity contribution >= 4 is 5.97 Å². The van der Waals surface area contributed by atoms with Crippen molar-refractivity contribution in [1.29, 1.82) is 0 Å². The number of rotatable bonds is 5. The molecule has 1 aromatic rings. The maximum atomic E-state index is 11.8. The summed E-state index contributed by atoms with van der Waals surface area (Å²) in [7, 11) is 0. The lowest BCUT2D eigenvalue weighted by Gasteiger charge is -2.17. The first-order valence-corrected chi connectivity index (χ1v) is 5.85. The Bertz CT molecular complexity index is 317. The molecule has 0 unspecified atom stereocenters. The Hall–Kier alpha value is -1.31. The summed E-state index contributed by atoms with van der Waals surface area (Å²) in [4.78, 5) is 11.8. The van der Waals surface area contributed by atoms with Crippen LogP contribution in [0.1, 0.15) is 32.8 Å². The molecule has 0 amide bonds. The highest BCUT2D eigenvalue weighted by Gasteiger charge is 2.21. The predicted octanol–water partition coefficient (Wildman–Crippen LogP) is 3.41. The molecule has 0 saturated carbocycles. The second-order valence-corrected chi connectivity index (χ2v) is 4.35. The fraction of sp³-hybridized carbons (Fsp3) is 0.500. The lowest BCUT2D eigenvalue weighted by Crippen LogP contribution is -2.21. The number of esters is 1. The van der Waals surface area contributed by atoms with Gasteiger partial charge >= 0.3 is 5.97 Å². The summed E-state index contributed by atoms with van der Waals surface area (Å²) in [6.07, 6.45) is 0.839. The normalized spacial score (nSPS) is 12.5. The Balaban J connectivity index is 2.46. The van der Waals surface area contributed by atoms with Gasteiger partial charge in [0.1, 0.15) is 6.61 Å². The lowest BCUT2D eigenvalue weighted by atomic mass is 9.93. The van der Waals surface area contributed by atoms with E-state index in [1.807, 2.05) is 37.3 Å². The second kappa shape index (κ2) is 6.31. The van der Waals surface area contributed by atoms with Gasteiger partial charge in [-0.25, -0.2) is 0 Å². The highest BCUT2D eigenvalue weighted by molar-refractivity contribution is 5.72. The summed E-state index contributed by atoms with van der Waals surface area (Å²) < 4.78 is 5.30. The molecule has 0 aliphatic heterocycles. The molecule has 0 bridgehead atoms. The third-order valence-electron chi connectivity index (χ3n) is 2.77. The number of hydrogen-bond acceptors (Lipinski definition) is 2. The average molecular weight is 220 g/mol. The van der Waals surface area contributed by atoms with Gasteiger partial charge in [-0.2, -0.15) is 0 Å². The van der Waals surface area contributed by atoms with Gasteiger partial charge in [-0.3, -0.25) is 4.79 Å². The maximum absolute atomic E-state index is 11.8. The first-order valence-electron chi connectivity index (χ1n) is 5.85. The molecular formula is C14H20O2. The number of carbonyl (C=O) groups excluding carboxylic acids is 1. The summed E-state index contributed by atoms with van der Waals surface area (Å²) >= 11 is 0. The van der Waals surface area contributed by atoms with Crippen LogP contribution in [0, 0.1) is 11.8 Å². The molecule has 2 heteroatoms. The quantitative estimate of drug-likeness (QED) is 0.711. The van der Waals surface area contributed by atoms with E-state index in [1.165, 1.54) is 0 Å². The zero-order chi connectivity index (χ0) is 12.0. The van der Waals surface area contributed by atoms with Crippen molar-refractivity contribution < 1.29 is 9.53 Å². The fourth-order valence-corrected chi connectivity index (χ4v) is 1.75. The monoisotopic (exact) mass is 220 g/mol. The Morgan fingerprint density at radius 2 is 1.88 bits per heavy atom. The van der Waals surface area contributed by atoms with Crippen molar-refractivity contribution in [3.63, 3.8) is 0 Å². The summed E-state index contributed by atoms with van der Waals surface area (Å²) in [6.45, 7) is 6.51. The van der Waals surface area contributed by atoms with Gasteiger partial charge in [0.15, 0.2) is 0 Å². The molecule has 0 N–H and O–H groups in total. The summed E-state index contributed by atoms with van der Waals surface area (Å²) in [5, 5.41) is 0. The van der Waals surface area contributed by atoms with Crippen LogP contribution in [0.2, 0.25) is 0 Å². The third-order valence-corrected chi connectivity index (χ3v) is 2.77. The SMILES string of the molecule is CC[C@H](C(=O)OCc1ccccc1)C(C)C. The minimum Gasteiger partial charge on any atom is -0.461 e. The average Bonchev–Trinajstić information content (AvgIpc) is 2.28. The van der Waals surface area contributed by atoms with Crippen LogP contribution in [0.25, 0.3) is 0 Å². The van der Waals surface area contributed by atoms with Gasteiger partial charge in [0.25, 0.3) is 0 Å². The van der Waals surface area contributed by atoms with E-state index >= 15 is 0 Å². The van der Waals surface area contributed by atoms with E-state index < -0.39 is 0 Å². The molecule has 0 aliphatic rings. The minimum absolute atomic E-state index is 0.0173. The Labute approximate surface area is 97.6 Å². The summed E-state index contributed by atoms with van der Waals surface area (Å²) in [5.41, 5.74) is 1.04. The van der Waals surface area contributed by atoms with Crippen LogP contribution < -0.4 is 0 Å². The molecule has 0 heterocycles. The molecular weight excluding hydrogens is 200 g/mol. The van der Waals surface area contributed by atoms with Crippen LogP contribution in [-0.4, -0.2) is 5.97 Å². The van der Waals surface area contributed by atoms with E-state index in [2.05, 4.69) is 13.8 Å². The standard InChI is InChI=1S/C14H20O2/c1-4-13(11(2)3)14(15)16-10-12-8-6-5-7-9-12/h5-9,11,13H,4,10H2,1-3H3/t13-/m0/s1. The van der Waals surface area contributed by atoms with Crippen LogP contribution in [-0.2, 0) is 16.1 Å². The van der Waals surface area contributed by atoms with Gasteiger partial charge in [-0.1, -0.05) is 51.1 Å².